The quantitative estimate of drug-likeness (QED) is 0.215. The molecule has 12 heteroatoms. The number of aromatic amines is 2. The molecule has 242 valence electrons. The lowest BCUT2D eigenvalue weighted by molar-refractivity contribution is -0.131. The van der Waals surface area contributed by atoms with Gasteiger partial charge in [-0.15, -0.1) is 0 Å². The number of halogens is 4. The number of hydrogen-bond acceptors (Lipinski definition) is 4. The van der Waals surface area contributed by atoms with E-state index in [9.17, 15) is 27.2 Å². The van der Waals surface area contributed by atoms with Crippen molar-refractivity contribution in [2.45, 2.75) is 117 Å². The van der Waals surface area contributed by atoms with E-state index >= 15 is 0 Å². The van der Waals surface area contributed by atoms with Gasteiger partial charge in [-0.05, 0) is 48.4 Å². The number of rotatable bonds is 6. The lowest BCUT2D eigenvalue weighted by Gasteiger charge is -2.33. The van der Waals surface area contributed by atoms with Gasteiger partial charge >= 0.3 is 0 Å². The van der Waals surface area contributed by atoms with Crippen LogP contribution in [0.2, 0.25) is 0 Å². The molecule has 44 heavy (non-hydrogen) atoms. The van der Waals surface area contributed by atoms with Gasteiger partial charge < -0.3 is 20.6 Å². The number of alkyl halides is 4. The van der Waals surface area contributed by atoms with Crippen LogP contribution >= 0.6 is 0 Å². The second-order valence-corrected chi connectivity index (χ2v) is 14.5. The van der Waals surface area contributed by atoms with Crippen molar-refractivity contribution in [3.8, 4) is 11.8 Å². The second-order valence-electron chi connectivity index (χ2n) is 14.5. The maximum atomic E-state index is 13.6. The van der Waals surface area contributed by atoms with Crippen molar-refractivity contribution in [2.24, 2.45) is 22.7 Å². The second kappa shape index (κ2) is 12.6. The first-order valence-electron chi connectivity index (χ1n) is 15.3. The van der Waals surface area contributed by atoms with E-state index < -0.39 is 46.6 Å². The van der Waals surface area contributed by atoms with Crippen molar-refractivity contribution in [1.29, 1.82) is 0 Å². The van der Waals surface area contributed by atoms with E-state index in [1.54, 1.807) is 12.4 Å². The summed E-state index contributed by atoms with van der Waals surface area (Å²) in [6, 6.07) is -0.975. The summed E-state index contributed by atoms with van der Waals surface area (Å²) < 4.78 is 54.3. The molecule has 2 aromatic heterocycles. The van der Waals surface area contributed by atoms with Gasteiger partial charge in [-0.3, -0.25) is 9.59 Å². The smallest absolute Gasteiger partial charge is 0.248 e. The molecule has 2 aliphatic carbocycles. The highest BCUT2D eigenvalue weighted by atomic mass is 19.3. The number of nitrogens with one attached hydrogen (secondary N) is 4. The summed E-state index contributed by atoms with van der Waals surface area (Å²) >= 11 is 0. The van der Waals surface area contributed by atoms with E-state index in [4.69, 9.17) is 0 Å². The predicted octanol–water partition coefficient (Wildman–Crippen LogP) is 6.59. The minimum atomic E-state index is -2.70. The molecule has 0 aromatic carbocycles. The van der Waals surface area contributed by atoms with Gasteiger partial charge in [0, 0.05) is 37.5 Å². The molecule has 4 N–H and O–H groups in total. The van der Waals surface area contributed by atoms with Crippen LogP contribution in [-0.2, 0) is 9.59 Å². The topological polar surface area (TPSA) is 116 Å². The van der Waals surface area contributed by atoms with Gasteiger partial charge in [0.25, 0.3) is 0 Å². The molecular formula is C32H44F4N6O2. The molecule has 2 saturated carbocycles. The molecule has 4 rings (SSSR count). The van der Waals surface area contributed by atoms with Gasteiger partial charge in [-0.25, -0.2) is 27.5 Å². The number of amides is 2. The molecule has 0 unspecified atom stereocenters. The number of carbonyl (C=O) groups is 2. The van der Waals surface area contributed by atoms with Gasteiger partial charge in [0.15, 0.2) is 0 Å². The summed E-state index contributed by atoms with van der Waals surface area (Å²) in [6.07, 6.45) is 2.59. The lowest BCUT2D eigenvalue weighted by Crippen LogP contribution is -2.42. The maximum Gasteiger partial charge on any atom is 0.248 e. The van der Waals surface area contributed by atoms with Gasteiger partial charge in [0.1, 0.15) is 23.0 Å². The van der Waals surface area contributed by atoms with Crippen molar-refractivity contribution < 1.29 is 27.2 Å². The van der Waals surface area contributed by atoms with Crippen molar-refractivity contribution in [3.05, 3.63) is 35.4 Å². The SMILES string of the molecule is CC(C)(C)[C@H](NC(=O)C1CCC(F)(F)CC1)c1ncc(C#Cc2cnc([C@@H](NC(=O)C3CCC(F)(F)CC3)C(C)(C)C)[nH]2)[nH]1. The van der Waals surface area contributed by atoms with Crippen molar-refractivity contribution in [3.63, 3.8) is 0 Å². The Morgan fingerprint density at radius 2 is 1.05 bits per heavy atom. The molecule has 2 aromatic rings. The minimum absolute atomic E-state index is 0.149. The van der Waals surface area contributed by atoms with Crippen LogP contribution in [0.1, 0.15) is 128 Å². The zero-order valence-electron chi connectivity index (χ0n) is 26.3. The number of carbonyl (C=O) groups excluding carboxylic acids is 2. The van der Waals surface area contributed by atoms with Crippen LogP contribution in [0.15, 0.2) is 12.4 Å². The van der Waals surface area contributed by atoms with Crippen LogP contribution < -0.4 is 10.6 Å². The highest BCUT2D eigenvalue weighted by Crippen LogP contribution is 2.39. The third-order valence-corrected chi connectivity index (χ3v) is 8.55. The van der Waals surface area contributed by atoms with E-state index in [1.807, 2.05) is 41.5 Å². The first-order valence-corrected chi connectivity index (χ1v) is 15.3. The Kier molecular flexibility index (Phi) is 9.57. The molecule has 2 fully saturated rings. The molecule has 0 bridgehead atoms. The maximum absolute atomic E-state index is 13.6. The van der Waals surface area contributed by atoms with Crippen LogP contribution in [0.3, 0.4) is 0 Å². The number of imidazole rings is 2. The normalized spacial score (nSPS) is 20.7. The number of hydrogen-bond donors (Lipinski definition) is 4. The monoisotopic (exact) mass is 620 g/mol. The van der Waals surface area contributed by atoms with Crippen molar-refractivity contribution in [2.75, 3.05) is 0 Å². The summed E-state index contributed by atoms with van der Waals surface area (Å²) in [5.41, 5.74) is 0.179. The van der Waals surface area contributed by atoms with Crippen LogP contribution in [0.25, 0.3) is 0 Å². The van der Waals surface area contributed by atoms with E-state index in [0.717, 1.165) is 0 Å². The molecule has 2 aliphatic rings. The molecule has 2 amide bonds. The lowest BCUT2D eigenvalue weighted by atomic mass is 9.83. The van der Waals surface area contributed by atoms with E-state index in [1.165, 1.54) is 0 Å². The number of aromatic nitrogens is 4. The molecule has 0 spiro atoms. The van der Waals surface area contributed by atoms with Crippen LogP contribution in [-0.4, -0.2) is 43.6 Å². The summed E-state index contributed by atoms with van der Waals surface area (Å²) in [4.78, 5) is 41.2. The van der Waals surface area contributed by atoms with Crippen molar-refractivity contribution in [1.82, 2.24) is 30.6 Å². The first-order chi connectivity index (χ1) is 20.3. The third kappa shape index (κ3) is 8.63. The van der Waals surface area contributed by atoms with E-state index in [0.29, 0.717) is 23.0 Å². The summed E-state index contributed by atoms with van der Waals surface area (Å²) in [5, 5.41) is 6.03. The summed E-state index contributed by atoms with van der Waals surface area (Å²) in [7, 11) is 0. The van der Waals surface area contributed by atoms with Crippen LogP contribution in [0, 0.1) is 34.5 Å². The fourth-order valence-corrected chi connectivity index (χ4v) is 5.74. The van der Waals surface area contributed by atoms with Gasteiger partial charge in [-0.1, -0.05) is 41.5 Å². The average molecular weight is 621 g/mol. The third-order valence-electron chi connectivity index (χ3n) is 8.55. The zero-order chi connectivity index (χ0) is 32.5. The standard InChI is InChI=1S/C32H44F4N6O2/c1-29(2,3)23(41-27(43)19-9-13-31(33,34)14-10-19)25-37-17-21(39-25)7-8-22-18-38-26(40-22)24(30(4,5)6)42-28(44)20-11-15-32(35,36)16-12-20/h17-20,23-24H,9-16H2,1-6H3,(H,37,39)(H,38,40)(H,41,43)(H,42,44)/t23-,24-/m1/s1. The van der Waals surface area contributed by atoms with Gasteiger partial charge in [0.05, 0.1) is 24.5 Å². The van der Waals surface area contributed by atoms with Crippen LogP contribution in [0.5, 0.6) is 0 Å². The Morgan fingerprint density at radius 1 is 0.727 bits per heavy atom. The fourth-order valence-electron chi connectivity index (χ4n) is 5.74. The van der Waals surface area contributed by atoms with Crippen LogP contribution in [0.4, 0.5) is 17.6 Å². The Bertz CT molecular complexity index is 1270. The Morgan fingerprint density at radius 3 is 1.34 bits per heavy atom. The fraction of sp³-hybridized carbons (Fsp3) is 0.688. The van der Waals surface area contributed by atoms with E-state index in [2.05, 4.69) is 42.4 Å². The molecule has 2 atom stereocenters. The highest BCUT2D eigenvalue weighted by Gasteiger charge is 2.40. The molecule has 0 saturated heterocycles. The molecule has 2 heterocycles. The summed E-state index contributed by atoms with van der Waals surface area (Å²) in [5.74, 6) is 0.207. The van der Waals surface area contributed by atoms with Crippen molar-refractivity contribution >= 4 is 11.8 Å². The zero-order valence-corrected chi connectivity index (χ0v) is 26.3. The Labute approximate surface area is 256 Å². The van der Waals surface area contributed by atoms with Gasteiger partial charge in [0.2, 0.25) is 23.7 Å². The summed E-state index contributed by atoms with van der Waals surface area (Å²) in [6.45, 7) is 11.8. The Balaban J connectivity index is 1.43. The highest BCUT2D eigenvalue weighted by molar-refractivity contribution is 5.79. The molecule has 0 aliphatic heterocycles. The molecule has 0 radical (unpaired) electrons. The van der Waals surface area contributed by atoms with E-state index in [-0.39, 0.29) is 63.2 Å². The minimum Gasteiger partial charge on any atom is -0.345 e. The Hall–Kier alpha value is -3.36. The predicted molar refractivity (Wildman–Crippen MR) is 158 cm³/mol. The first kappa shape index (κ1) is 33.5. The number of nitrogens with zero attached hydrogens (tertiary/aromatic N) is 2. The molecular weight excluding hydrogens is 576 g/mol. The number of H-pyrrole nitrogens is 2. The largest absolute Gasteiger partial charge is 0.345 e. The molecule has 8 nitrogen and oxygen atoms in total. The van der Waals surface area contributed by atoms with Gasteiger partial charge in [-0.2, -0.15) is 0 Å². The average Bonchev–Trinajstić information content (AvgIpc) is 3.57.